The van der Waals surface area contributed by atoms with Crippen LogP contribution in [0.2, 0.25) is 0 Å². The number of aromatic nitrogens is 1. The Morgan fingerprint density at radius 3 is 2.32 bits per heavy atom. The lowest BCUT2D eigenvalue weighted by molar-refractivity contribution is -0.143. The van der Waals surface area contributed by atoms with Gasteiger partial charge in [0, 0.05) is 29.6 Å². The van der Waals surface area contributed by atoms with Crippen LogP contribution in [0, 0.1) is 5.41 Å². The minimum atomic E-state index is -4.14. The first-order valence-corrected chi connectivity index (χ1v) is 16.6. The largest absolute Gasteiger partial charge is 0.497 e. The van der Waals surface area contributed by atoms with Crippen LogP contribution in [-0.2, 0) is 28.1 Å². The molecule has 1 heterocycles. The van der Waals surface area contributed by atoms with Gasteiger partial charge in [-0.25, -0.2) is 4.72 Å². The van der Waals surface area contributed by atoms with E-state index < -0.39 is 27.5 Å². The normalized spacial score (nSPS) is 16.5. The van der Waals surface area contributed by atoms with Gasteiger partial charge in [-0.15, -0.1) is 0 Å². The summed E-state index contributed by atoms with van der Waals surface area (Å²) < 4.78 is 37.6. The number of hydrogen-bond donors (Lipinski definition) is 3. The van der Waals surface area contributed by atoms with E-state index in [0.29, 0.717) is 12.8 Å². The summed E-state index contributed by atoms with van der Waals surface area (Å²) in [6.07, 6.45) is 6.63. The fourth-order valence-corrected chi connectivity index (χ4v) is 7.22. The third-order valence-electron chi connectivity index (χ3n) is 9.05. The Labute approximate surface area is 257 Å². The predicted octanol–water partition coefficient (Wildman–Crippen LogP) is 5.99. The zero-order chi connectivity index (χ0) is 30.9. The molecule has 1 aromatic heterocycles. The first kappa shape index (κ1) is 29.9. The molecule has 3 N–H and O–H groups in total. The van der Waals surface area contributed by atoms with E-state index in [9.17, 15) is 23.1 Å². The number of nitrogens with zero attached hydrogens (tertiary/aromatic N) is 1. The van der Waals surface area contributed by atoms with Crippen molar-refractivity contribution in [3.8, 4) is 17.0 Å². The monoisotopic (exact) mass is 615 g/mol. The molecule has 230 valence electrons. The number of carboxylic acid groups (broad SMARTS) is 1. The van der Waals surface area contributed by atoms with E-state index in [-0.39, 0.29) is 24.6 Å². The van der Waals surface area contributed by atoms with E-state index in [1.54, 1.807) is 31.4 Å². The molecule has 2 aliphatic rings. The molecule has 0 aliphatic heterocycles. The van der Waals surface area contributed by atoms with Gasteiger partial charge >= 0.3 is 16.2 Å². The maximum atomic E-state index is 13.3. The highest BCUT2D eigenvalue weighted by Gasteiger charge is 2.51. The van der Waals surface area contributed by atoms with E-state index in [1.807, 2.05) is 48.5 Å². The van der Waals surface area contributed by atoms with Gasteiger partial charge in [0.1, 0.15) is 5.75 Å². The van der Waals surface area contributed by atoms with Crippen LogP contribution < -0.4 is 14.2 Å². The molecule has 2 fully saturated rings. The average molecular weight is 616 g/mol. The molecular weight excluding hydrogens is 578 g/mol. The Hall–Kier alpha value is -4.15. The third kappa shape index (κ3) is 6.09. The molecule has 6 rings (SSSR count). The van der Waals surface area contributed by atoms with E-state index in [2.05, 4.69) is 14.0 Å². The van der Waals surface area contributed by atoms with Crippen molar-refractivity contribution in [2.75, 3.05) is 7.11 Å². The maximum Gasteiger partial charge on any atom is 0.311 e. The van der Waals surface area contributed by atoms with Gasteiger partial charge < -0.3 is 14.4 Å². The highest BCUT2D eigenvalue weighted by Crippen LogP contribution is 2.51. The van der Waals surface area contributed by atoms with Gasteiger partial charge in [0.15, 0.2) is 0 Å². The molecule has 0 bridgehead atoms. The van der Waals surface area contributed by atoms with Crippen molar-refractivity contribution in [3.05, 3.63) is 89.5 Å². The Morgan fingerprint density at radius 1 is 0.977 bits per heavy atom. The molecule has 10 heteroatoms. The van der Waals surface area contributed by atoms with E-state index >= 15 is 0 Å². The lowest BCUT2D eigenvalue weighted by Crippen LogP contribution is -2.39. The minimum absolute atomic E-state index is 0.0403. The number of hydrogen-bond acceptors (Lipinski definition) is 5. The van der Waals surface area contributed by atoms with Crippen LogP contribution in [0.5, 0.6) is 5.75 Å². The van der Waals surface area contributed by atoms with Crippen LogP contribution >= 0.6 is 0 Å². The molecule has 1 amide bonds. The van der Waals surface area contributed by atoms with Crippen molar-refractivity contribution in [2.24, 2.45) is 5.41 Å². The summed E-state index contributed by atoms with van der Waals surface area (Å²) in [7, 11) is -2.52. The Morgan fingerprint density at radius 2 is 1.68 bits per heavy atom. The molecule has 2 saturated carbocycles. The number of rotatable bonds is 11. The molecular formula is C34H37N3O6S. The zero-order valence-electron chi connectivity index (χ0n) is 24.7. The van der Waals surface area contributed by atoms with Crippen molar-refractivity contribution in [1.82, 2.24) is 14.0 Å². The number of nitrogens with one attached hydrogen (secondary N) is 2. The first-order chi connectivity index (χ1) is 21.2. The van der Waals surface area contributed by atoms with E-state index in [0.717, 1.165) is 64.7 Å². The topological polar surface area (TPSA) is 127 Å². The van der Waals surface area contributed by atoms with Gasteiger partial charge in [-0.3, -0.25) is 9.59 Å². The summed E-state index contributed by atoms with van der Waals surface area (Å²) in [5, 5.41) is 11.1. The van der Waals surface area contributed by atoms with Gasteiger partial charge in [0.25, 0.3) is 5.91 Å². The lowest BCUT2D eigenvalue weighted by Gasteiger charge is -2.24. The molecule has 0 radical (unpaired) electrons. The Kier molecular flexibility index (Phi) is 8.22. The number of carbonyl (C=O) groups is 2. The van der Waals surface area contributed by atoms with Crippen molar-refractivity contribution in [3.63, 3.8) is 0 Å². The van der Waals surface area contributed by atoms with E-state index in [1.165, 1.54) is 6.42 Å². The fourth-order valence-electron chi connectivity index (χ4n) is 6.43. The molecule has 3 aromatic carbocycles. The zero-order valence-corrected chi connectivity index (χ0v) is 25.5. The molecule has 2 aliphatic carbocycles. The smallest absolute Gasteiger partial charge is 0.311 e. The van der Waals surface area contributed by atoms with Crippen LogP contribution in [0.25, 0.3) is 22.2 Å². The summed E-state index contributed by atoms with van der Waals surface area (Å²) in [6.45, 7) is 0.299. The summed E-state index contributed by atoms with van der Waals surface area (Å²) in [5.74, 6) is -0.582. The summed E-state index contributed by atoms with van der Waals surface area (Å²) in [6, 6.07) is 22.1. The first-order valence-electron chi connectivity index (χ1n) is 15.1. The number of carbonyl (C=O) groups excluding carboxylic acids is 1. The SMILES string of the molecule is COc1ccc(-c2c(C3CCCCC3)c3ccc(C(=O)NS(=O)(=O)NCc4ccccc4)cc3n2CC2(C(=O)O)CC2)cc1. The standard InChI is InChI=1S/C34H37N3O6S/c1-43-27-15-12-25(13-16-27)31-30(24-10-6-3-7-11-24)28-17-14-26(20-29(28)37(31)22-34(18-19-34)33(39)40)32(38)36-44(41,42)35-21-23-8-4-2-5-9-23/h2,4-5,8-9,12-17,20,24,35H,3,6-7,10-11,18-19,21-22H2,1H3,(H,36,38)(H,39,40). The highest BCUT2D eigenvalue weighted by atomic mass is 32.2. The summed E-state index contributed by atoms with van der Waals surface area (Å²) >= 11 is 0. The third-order valence-corrected chi connectivity index (χ3v) is 10.0. The molecule has 0 atom stereocenters. The van der Waals surface area contributed by atoms with Gasteiger partial charge in [0.05, 0.1) is 18.2 Å². The van der Waals surface area contributed by atoms with Crippen molar-refractivity contribution in [2.45, 2.75) is 64.0 Å². The Balaban J connectivity index is 1.43. The lowest BCUT2D eigenvalue weighted by atomic mass is 9.81. The van der Waals surface area contributed by atoms with Crippen molar-refractivity contribution < 1.29 is 27.9 Å². The molecule has 9 nitrogen and oxygen atoms in total. The quantitative estimate of drug-likeness (QED) is 0.190. The Bertz CT molecular complexity index is 1790. The molecule has 0 unspecified atom stereocenters. The van der Waals surface area contributed by atoms with E-state index in [4.69, 9.17) is 4.74 Å². The summed E-state index contributed by atoms with van der Waals surface area (Å²) in [5.41, 5.74) is 3.86. The van der Waals surface area contributed by atoms with Crippen LogP contribution in [0.4, 0.5) is 0 Å². The number of benzene rings is 3. The van der Waals surface area contributed by atoms with Crippen LogP contribution in [0.1, 0.15) is 72.3 Å². The predicted molar refractivity (Wildman–Crippen MR) is 169 cm³/mol. The van der Waals surface area contributed by atoms with Gasteiger partial charge in [0.2, 0.25) is 0 Å². The second-order valence-electron chi connectivity index (χ2n) is 12.0. The van der Waals surface area contributed by atoms with Crippen LogP contribution in [0.15, 0.2) is 72.8 Å². The second-order valence-corrected chi connectivity index (χ2v) is 13.5. The van der Waals surface area contributed by atoms with Gasteiger partial charge in [-0.1, -0.05) is 55.7 Å². The second kappa shape index (κ2) is 12.1. The number of carboxylic acids is 1. The molecule has 4 aromatic rings. The van der Waals surface area contributed by atoms with Crippen LogP contribution in [-0.4, -0.2) is 37.1 Å². The number of methoxy groups -OCH3 is 1. The molecule has 44 heavy (non-hydrogen) atoms. The van der Waals surface area contributed by atoms with Crippen molar-refractivity contribution in [1.29, 1.82) is 0 Å². The minimum Gasteiger partial charge on any atom is -0.497 e. The highest BCUT2D eigenvalue weighted by molar-refractivity contribution is 7.88. The maximum absolute atomic E-state index is 13.3. The fraction of sp³-hybridized carbons (Fsp3) is 0.353. The summed E-state index contributed by atoms with van der Waals surface area (Å²) in [4.78, 5) is 25.7. The van der Waals surface area contributed by atoms with Gasteiger partial charge in [-0.05, 0) is 84.7 Å². The number of fused-ring (bicyclic) bond motifs is 1. The number of amides is 1. The molecule has 0 spiro atoms. The average Bonchev–Trinajstić information content (AvgIpc) is 3.77. The van der Waals surface area contributed by atoms with Crippen LogP contribution in [0.3, 0.4) is 0 Å². The number of aliphatic carboxylic acids is 1. The van der Waals surface area contributed by atoms with Crippen molar-refractivity contribution >= 4 is 33.0 Å². The number of ether oxygens (including phenoxy) is 1. The van der Waals surface area contributed by atoms with Gasteiger partial charge in [-0.2, -0.15) is 13.1 Å². The molecule has 0 saturated heterocycles.